The Morgan fingerprint density at radius 2 is 1.96 bits per heavy atom. The van der Waals surface area contributed by atoms with E-state index in [2.05, 4.69) is 5.32 Å². The van der Waals surface area contributed by atoms with Crippen LogP contribution in [0.15, 0.2) is 48.5 Å². The first-order chi connectivity index (χ1) is 11.0. The number of nitrogens with one attached hydrogen (secondary N) is 1. The van der Waals surface area contributed by atoms with E-state index in [-0.39, 0.29) is 11.9 Å². The maximum atomic E-state index is 12.3. The summed E-state index contributed by atoms with van der Waals surface area (Å²) in [6.45, 7) is 1.85. The third-order valence-corrected chi connectivity index (χ3v) is 3.78. The van der Waals surface area contributed by atoms with Gasteiger partial charge in [-0.1, -0.05) is 41.9 Å². The van der Waals surface area contributed by atoms with Gasteiger partial charge in [0.2, 0.25) is 0 Å². The number of carbonyl (C=O) groups is 1. The van der Waals surface area contributed by atoms with Gasteiger partial charge in [0, 0.05) is 11.1 Å². The van der Waals surface area contributed by atoms with E-state index >= 15 is 0 Å². The van der Waals surface area contributed by atoms with Gasteiger partial charge in [0.05, 0.1) is 18.8 Å². The van der Waals surface area contributed by atoms with Crippen LogP contribution < -0.4 is 10.1 Å². The zero-order valence-corrected chi connectivity index (χ0v) is 13.9. The van der Waals surface area contributed by atoms with E-state index < -0.39 is 6.10 Å². The van der Waals surface area contributed by atoms with Gasteiger partial charge in [0.1, 0.15) is 5.75 Å². The first-order valence-corrected chi connectivity index (χ1v) is 7.76. The molecule has 0 aliphatic heterocycles. The van der Waals surface area contributed by atoms with Gasteiger partial charge < -0.3 is 15.2 Å². The Labute approximate surface area is 141 Å². The van der Waals surface area contributed by atoms with Crippen LogP contribution >= 0.6 is 11.6 Å². The molecule has 2 rings (SSSR count). The number of aliphatic hydroxyl groups is 1. The standard InChI is InChI=1S/C18H20ClNO3/c1-12(10-16(21)13-6-4-3-5-7-13)20-18(22)15-9-8-14(19)11-17(15)23-2/h3-9,11-12,16,21H,10H2,1-2H3,(H,20,22). The summed E-state index contributed by atoms with van der Waals surface area (Å²) in [4.78, 5) is 12.3. The van der Waals surface area contributed by atoms with Crippen LogP contribution in [0.2, 0.25) is 5.02 Å². The molecule has 122 valence electrons. The van der Waals surface area contributed by atoms with Crippen LogP contribution in [0.5, 0.6) is 5.75 Å². The smallest absolute Gasteiger partial charge is 0.255 e. The molecule has 0 aliphatic rings. The molecule has 5 heteroatoms. The number of carbonyl (C=O) groups excluding carboxylic acids is 1. The molecule has 0 aliphatic carbocycles. The lowest BCUT2D eigenvalue weighted by Crippen LogP contribution is -2.34. The van der Waals surface area contributed by atoms with Crippen molar-refractivity contribution in [2.24, 2.45) is 0 Å². The largest absolute Gasteiger partial charge is 0.496 e. The summed E-state index contributed by atoms with van der Waals surface area (Å²) in [5.74, 6) is 0.164. The highest BCUT2D eigenvalue weighted by atomic mass is 35.5. The Morgan fingerprint density at radius 3 is 2.61 bits per heavy atom. The average molecular weight is 334 g/mol. The Balaban J connectivity index is 2.00. The van der Waals surface area contributed by atoms with Crippen molar-refractivity contribution in [1.82, 2.24) is 5.32 Å². The molecular weight excluding hydrogens is 314 g/mol. The number of ether oxygens (including phenoxy) is 1. The molecule has 0 heterocycles. The number of aliphatic hydroxyl groups excluding tert-OH is 1. The van der Waals surface area contributed by atoms with Crippen molar-refractivity contribution < 1.29 is 14.6 Å². The minimum Gasteiger partial charge on any atom is -0.496 e. The molecule has 4 nitrogen and oxygen atoms in total. The number of hydrogen-bond donors (Lipinski definition) is 2. The molecule has 0 spiro atoms. The number of rotatable bonds is 6. The molecular formula is C18H20ClNO3. The summed E-state index contributed by atoms with van der Waals surface area (Å²) in [7, 11) is 1.49. The highest BCUT2D eigenvalue weighted by Crippen LogP contribution is 2.23. The van der Waals surface area contributed by atoms with Crippen LogP contribution in [0.1, 0.15) is 35.4 Å². The van der Waals surface area contributed by atoms with E-state index in [1.807, 2.05) is 37.3 Å². The first-order valence-electron chi connectivity index (χ1n) is 7.38. The lowest BCUT2D eigenvalue weighted by atomic mass is 10.0. The summed E-state index contributed by atoms with van der Waals surface area (Å²) >= 11 is 5.90. The average Bonchev–Trinajstić information content (AvgIpc) is 2.55. The monoisotopic (exact) mass is 333 g/mol. The lowest BCUT2D eigenvalue weighted by molar-refractivity contribution is 0.0914. The lowest BCUT2D eigenvalue weighted by Gasteiger charge is -2.19. The van der Waals surface area contributed by atoms with Gasteiger partial charge in [-0.05, 0) is 37.1 Å². The van der Waals surface area contributed by atoms with E-state index in [1.165, 1.54) is 7.11 Å². The van der Waals surface area contributed by atoms with E-state index in [1.54, 1.807) is 18.2 Å². The summed E-state index contributed by atoms with van der Waals surface area (Å²) in [6, 6.07) is 14.0. The predicted octanol–water partition coefficient (Wildman–Crippen LogP) is 3.59. The fraction of sp³-hybridized carbons (Fsp3) is 0.278. The maximum absolute atomic E-state index is 12.3. The van der Waals surface area contributed by atoms with Gasteiger partial charge >= 0.3 is 0 Å². The molecule has 0 saturated heterocycles. The Kier molecular flexibility index (Phi) is 6.02. The van der Waals surface area contributed by atoms with Crippen LogP contribution in [0.4, 0.5) is 0 Å². The summed E-state index contributed by atoms with van der Waals surface area (Å²) in [6.07, 6.45) is -0.204. The minimum atomic E-state index is -0.626. The molecule has 2 aromatic carbocycles. The van der Waals surface area contributed by atoms with Crippen molar-refractivity contribution in [1.29, 1.82) is 0 Å². The van der Waals surface area contributed by atoms with E-state index in [0.717, 1.165) is 5.56 Å². The number of benzene rings is 2. The molecule has 0 radical (unpaired) electrons. The van der Waals surface area contributed by atoms with E-state index in [9.17, 15) is 9.90 Å². The number of amides is 1. The van der Waals surface area contributed by atoms with Crippen molar-refractivity contribution in [3.63, 3.8) is 0 Å². The molecule has 2 atom stereocenters. The highest BCUT2D eigenvalue weighted by Gasteiger charge is 2.17. The molecule has 0 saturated carbocycles. The van der Waals surface area contributed by atoms with Crippen LogP contribution in [0, 0.1) is 0 Å². The van der Waals surface area contributed by atoms with Crippen molar-refractivity contribution in [3.8, 4) is 5.75 Å². The van der Waals surface area contributed by atoms with Gasteiger partial charge in [-0.2, -0.15) is 0 Å². The second-order valence-electron chi connectivity index (χ2n) is 5.38. The third kappa shape index (κ3) is 4.71. The normalized spacial score (nSPS) is 13.2. The van der Waals surface area contributed by atoms with E-state index in [4.69, 9.17) is 16.3 Å². The summed E-state index contributed by atoms with van der Waals surface area (Å²) < 4.78 is 5.18. The highest BCUT2D eigenvalue weighted by molar-refractivity contribution is 6.30. The van der Waals surface area contributed by atoms with Gasteiger partial charge in [-0.3, -0.25) is 4.79 Å². The van der Waals surface area contributed by atoms with Gasteiger partial charge in [-0.15, -0.1) is 0 Å². The van der Waals surface area contributed by atoms with Crippen LogP contribution in [-0.2, 0) is 0 Å². The minimum absolute atomic E-state index is 0.196. The SMILES string of the molecule is COc1cc(Cl)ccc1C(=O)NC(C)CC(O)c1ccccc1. The second-order valence-corrected chi connectivity index (χ2v) is 5.82. The van der Waals surface area contributed by atoms with Gasteiger partial charge in [0.25, 0.3) is 5.91 Å². The number of methoxy groups -OCH3 is 1. The Morgan fingerprint density at radius 1 is 1.26 bits per heavy atom. The van der Waals surface area contributed by atoms with Crippen molar-refractivity contribution >= 4 is 17.5 Å². The topological polar surface area (TPSA) is 58.6 Å². The van der Waals surface area contributed by atoms with Gasteiger partial charge in [-0.25, -0.2) is 0 Å². The third-order valence-electron chi connectivity index (χ3n) is 3.55. The van der Waals surface area contributed by atoms with Crippen molar-refractivity contribution in [3.05, 3.63) is 64.7 Å². The molecule has 0 aromatic heterocycles. The molecule has 2 unspecified atom stereocenters. The number of halogens is 1. The fourth-order valence-electron chi connectivity index (χ4n) is 2.36. The zero-order valence-electron chi connectivity index (χ0n) is 13.1. The van der Waals surface area contributed by atoms with Crippen LogP contribution in [0.25, 0.3) is 0 Å². The Bertz CT molecular complexity index is 661. The van der Waals surface area contributed by atoms with Gasteiger partial charge in [0.15, 0.2) is 0 Å². The molecule has 2 aromatic rings. The number of hydrogen-bond acceptors (Lipinski definition) is 3. The van der Waals surface area contributed by atoms with Crippen LogP contribution in [-0.4, -0.2) is 24.2 Å². The molecule has 0 fully saturated rings. The zero-order chi connectivity index (χ0) is 16.8. The van der Waals surface area contributed by atoms with Crippen molar-refractivity contribution in [2.45, 2.75) is 25.5 Å². The Hall–Kier alpha value is -2.04. The van der Waals surface area contributed by atoms with Crippen LogP contribution in [0.3, 0.4) is 0 Å². The summed E-state index contributed by atoms with van der Waals surface area (Å²) in [5.41, 5.74) is 1.25. The fourth-order valence-corrected chi connectivity index (χ4v) is 2.52. The van der Waals surface area contributed by atoms with Crippen molar-refractivity contribution in [2.75, 3.05) is 7.11 Å². The molecule has 0 bridgehead atoms. The first kappa shape index (κ1) is 17.3. The quantitative estimate of drug-likeness (QED) is 0.849. The molecule has 1 amide bonds. The summed E-state index contributed by atoms with van der Waals surface area (Å²) in [5, 5.41) is 13.6. The van der Waals surface area contributed by atoms with E-state index in [0.29, 0.717) is 22.8 Å². The molecule has 2 N–H and O–H groups in total. The predicted molar refractivity (Wildman–Crippen MR) is 91.0 cm³/mol. The maximum Gasteiger partial charge on any atom is 0.255 e. The molecule has 23 heavy (non-hydrogen) atoms. The second kappa shape index (κ2) is 7.99.